The third kappa shape index (κ3) is 2.85. The first-order chi connectivity index (χ1) is 9.43. The monoisotopic (exact) mass is 332 g/mol. The molecule has 4 N–H and O–H groups in total. The van der Waals surface area contributed by atoms with Crippen LogP contribution in [0.2, 0.25) is 15.1 Å². The molecule has 0 unspecified atom stereocenters. The number of hydrogen-bond donors (Lipinski definition) is 3. The van der Waals surface area contributed by atoms with Gasteiger partial charge in [0.1, 0.15) is 0 Å². The highest BCUT2D eigenvalue weighted by atomic mass is 35.5. The van der Waals surface area contributed by atoms with Gasteiger partial charge in [-0.25, -0.2) is 0 Å². The minimum atomic E-state index is -0.473. The summed E-state index contributed by atoms with van der Waals surface area (Å²) in [6.45, 7) is 1.90. The second-order valence-electron chi connectivity index (χ2n) is 4.02. The van der Waals surface area contributed by atoms with Crippen molar-refractivity contribution in [3.8, 4) is 0 Å². The van der Waals surface area contributed by atoms with Gasteiger partial charge in [0.15, 0.2) is 5.69 Å². The number of carbonyl (C=O) groups is 1. The van der Waals surface area contributed by atoms with Crippen LogP contribution in [-0.2, 0) is 6.42 Å². The predicted octanol–water partition coefficient (Wildman–Crippen LogP) is 3.77. The van der Waals surface area contributed by atoms with Gasteiger partial charge in [-0.1, -0.05) is 41.7 Å². The van der Waals surface area contributed by atoms with Gasteiger partial charge in [0, 0.05) is 0 Å². The maximum absolute atomic E-state index is 12.1. The number of anilines is 2. The Hall–Kier alpha value is -1.43. The number of nitrogens with two attached hydrogens (primary N) is 1. The van der Waals surface area contributed by atoms with E-state index in [0.717, 1.165) is 0 Å². The number of hydrogen-bond acceptors (Lipinski definition) is 3. The third-order valence-corrected chi connectivity index (χ3v) is 3.74. The second kappa shape index (κ2) is 5.91. The maximum atomic E-state index is 12.1. The fraction of sp³-hybridized carbons (Fsp3) is 0.167. The first-order valence-electron chi connectivity index (χ1n) is 5.72. The van der Waals surface area contributed by atoms with Crippen LogP contribution in [0.1, 0.15) is 23.1 Å². The molecule has 0 aliphatic rings. The Morgan fingerprint density at radius 2 is 1.95 bits per heavy atom. The lowest BCUT2D eigenvalue weighted by molar-refractivity contribution is 0.102. The lowest BCUT2D eigenvalue weighted by atomic mass is 10.2. The van der Waals surface area contributed by atoms with Gasteiger partial charge >= 0.3 is 0 Å². The first-order valence-corrected chi connectivity index (χ1v) is 6.86. The fourth-order valence-corrected chi connectivity index (χ4v) is 2.22. The van der Waals surface area contributed by atoms with Gasteiger partial charge in [-0.05, 0) is 18.6 Å². The average Bonchev–Trinajstić information content (AvgIpc) is 2.77. The number of halogens is 3. The number of benzene rings is 1. The highest BCUT2D eigenvalue weighted by Crippen LogP contribution is 2.32. The van der Waals surface area contributed by atoms with E-state index in [1.54, 1.807) is 0 Å². The standard InChI is InChI=1S/C12H11Cl3N4O/c1-2-8-10(16)11(19-18-8)12(20)17-9-4-6(14)5(13)3-7(9)15/h3-4H,2,16H2,1H3,(H,17,20)(H,18,19). The molecule has 1 heterocycles. The van der Waals surface area contributed by atoms with Crippen molar-refractivity contribution in [2.75, 3.05) is 11.1 Å². The Balaban J connectivity index is 2.28. The topological polar surface area (TPSA) is 83.8 Å². The van der Waals surface area contributed by atoms with E-state index in [1.807, 2.05) is 6.92 Å². The van der Waals surface area contributed by atoms with Crippen molar-refractivity contribution >= 4 is 52.1 Å². The molecule has 0 atom stereocenters. The van der Waals surface area contributed by atoms with Crippen molar-refractivity contribution < 1.29 is 4.79 Å². The van der Waals surface area contributed by atoms with Crippen LogP contribution in [0, 0.1) is 0 Å². The Morgan fingerprint density at radius 3 is 2.55 bits per heavy atom. The van der Waals surface area contributed by atoms with E-state index < -0.39 is 5.91 Å². The van der Waals surface area contributed by atoms with Crippen molar-refractivity contribution in [1.29, 1.82) is 0 Å². The number of aromatic amines is 1. The third-order valence-electron chi connectivity index (χ3n) is 2.71. The number of rotatable bonds is 3. The summed E-state index contributed by atoms with van der Waals surface area (Å²) < 4.78 is 0. The molecular formula is C12H11Cl3N4O. The first kappa shape index (κ1) is 15.0. The van der Waals surface area contributed by atoms with Crippen LogP contribution in [0.5, 0.6) is 0 Å². The van der Waals surface area contributed by atoms with Gasteiger partial charge in [0.2, 0.25) is 0 Å². The molecule has 0 fully saturated rings. The van der Waals surface area contributed by atoms with E-state index in [0.29, 0.717) is 28.5 Å². The van der Waals surface area contributed by atoms with Crippen LogP contribution in [0.25, 0.3) is 0 Å². The van der Waals surface area contributed by atoms with Crippen LogP contribution in [0.4, 0.5) is 11.4 Å². The molecule has 1 aromatic heterocycles. The van der Waals surface area contributed by atoms with Crippen molar-refractivity contribution in [1.82, 2.24) is 10.2 Å². The smallest absolute Gasteiger partial charge is 0.278 e. The van der Waals surface area contributed by atoms with Crippen LogP contribution >= 0.6 is 34.8 Å². The number of H-pyrrole nitrogens is 1. The second-order valence-corrected chi connectivity index (χ2v) is 5.24. The van der Waals surface area contributed by atoms with E-state index in [1.165, 1.54) is 12.1 Å². The van der Waals surface area contributed by atoms with Crippen molar-refractivity contribution in [2.24, 2.45) is 0 Å². The van der Waals surface area contributed by atoms with Crippen LogP contribution in [-0.4, -0.2) is 16.1 Å². The molecule has 0 radical (unpaired) electrons. The Bertz CT molecular complexity index is 669. The highest BCUT2D eigenvalue weighted by Gasteiger charge is 2.18. The summed E-state index contributed by atoms with van der Waals surface area (Å²) in [7, 11) is 0. The van der Waals surface area contributed by atoms with Gasteiger partial charge in [0.25, 0.3) is 5.91 Å². The Morgan fingerprint density at radius 1 is 1.30 bits per heavy atom. The van der Waals surface area contributed by atoms with Crippen molar-refractivity contribution in [2.45, 2.75) is 13.3 Å². The van der Waals surface area contributed by atoms with Gasteiger partial charge in [-0.2, -0.15) is 5.10 Å². The van der Waals surface area contributed by atoms with Gasteiger partial charge in [0.05, 0.1) is 32.1 Å². The molecule has 0 spiro atoms. The number of carbonyl (C=O) groups excluding carboxylic acids is 1. The van der Waals surface area contributed by atoms with E-state index in [2.05, 4.69) is 15.5 Å². The molecule has 1 aromatic carbocycles. The summed E-state index contributed by atoms with van der Waals surface area (Å²) in [5.41, 5.74) is 7.30. The summed E-state index contributed by atoms with van der Waals surface area (Å²) in [5.74, 6) is -0.473. The van der Waals surface area contributed by atoms with E-state index in [4.69, 9.17) is 40.5 Å². The van der Waals surface area contributed by atoms with Gasteiger partial charge in [-0.3, -0.25) is 9.89 Å². The van der Waals surface area contributed by atoms with Gasteiger partial charge in [-0.15, -0.1) is 0 Å². The molecule has 1 amide bonds. The molecule has 5 nitrogen and oxygen atoms in total. The number of nitrogens with one attached hydrogen (secondary N) is 2. The van der Waals surface area contributed by atoms with Crippen molar-refractivity contribution in [3.63, 3.8) is 0 Å². The average molecular weight is 334 g/mol. The number of amides is 1. The molecule has 0 saturated carbocycles. The SMILES string of the molecule is CCc1[nH]nc(C(=O)Nc2cc(Cl)c(Cl)cc2Cl)c1N. The Kier molecular flexibility index (Phi) is 4.42. The number of aromatic nitrogens is 2. The largest absolute Gasteiger partial charge is 0.395 e. The zero-order valence-corrected chi connectivity index (χ0v) is 12.7. The number of nitrogens with zero attached hydrogens (tertiary/aromatic N) is 1. The summed E-state index contributed by atoms with van der Waals surface area (Å²) in [6, 6.07) is 2.92. The lowest BCUT2D eigenvalue weighted by Crippen LogP contribution is -2.14. The van der Waals surface area contributed by atoms with E-state index in [9.17, 15) is 4.79 Å². The molecule has 2 rings (SSSR count). The lowest BCUT2D eigenvalue weighted by Gasteiger charge is -2.08. The summed E-state index contributed by atoms with van der Waals surface area (Å²) in [4.78, 5) is 12.1. The maximum Gasteiger partial charge on any atom is 0.278 e. The minimum Gasteiger partial charge on any atom is -0.395 e. The summed E-state index contributed by atoms with van der Waals surface area (Å²) in [6.07, 6.45) is 0.652. The Labute approximate surface area is 130 Å². The quantitative estimate of drug-likeness (QED) is 0.748. The zero-order valence-electron chi connectivity index (χ0n) is 10.4. The summed E-state index contributed by atoms with van der Waals surface area (Å²) >= 11 is 17.7. The molecule has 106 valence electrons. The predicted molar refractivity (Wildman–Crippen MR) is 81.8 cm³/mol. The minimum absolute atomic E-state index is 0.115. The molecule has 20 heavy (non-hydrogen) atoms. The van der Waals surface area contributed by atoms with Gasteiger partial charge < -0.3 is 11.1 Å². The molecule has 0 aliphatic carbocycles. The molecule has 2 aromatic rings. The van der Waals surface area contributed by atoms with Crippen LogP contribution < -0.4 is 11.1 Å². The highest BCUT2D eigenvalue weighted by molar-refractivity contribution is 6.44. The summed E-state index contributed by atoms with van der Waals surface area (Å²) in [5, 5.41) is 10.1. The molecule has 0 bridgehead atoms. The molecule has 0 saturated heterocycles. The van der Waals surface area contributed by atoms with E-state index >= 15 is 0 Å². The number of nitrogen functional groups attached to an aromatic ring is 1. The fourth-order valence-electron chi connectivity index (χ4n) is 1.63. The van der Waals surface area contributed by atoms with Crippen LogP contribution in [0.15, 0.2) is 12.1 Å². The van der Waals surface area contributed by atoms with Crippen LogP contribution in [0.3, 0.4) is 0 Å². The van der Waals surface area contributed by atoms with E-state index in [-0.39, 0.29) is 15.7 Å². The zero-order chi connectivity index (χ0) is 14.9. The van der Waals surface area contributed by atoms with Crippen molar-refractivity contribution in [3.05, 3.63) is 38.6 Å². The number of aryl methyl sites for hydroxylation is 1. The molecule has 0 aliphatic heterocycles. The normalized spacial score (nSPS) is 10.6. The molecule has 8 heteroatoms. The molecular weight excluding hydrogens is 323 g/mol.